The average molecular weight is 883 g/mol. The van der Waals surface area contributed by atoms with Gasteiger partial charge in [0.25, 0.3) is 9.05 Å². The number of nitrogens with zero attached hydrogens (tertiary/aromatic N) is 1. The third-order valence-corrected chi connectivity index (χ3v) is 73.9. The number of ether oxygens (including phenoxy) is 1. The van der Waals surface area contributed by atoms with Crippen LogP contribution in [0.25, 0.3) is 10.8 Å². The summed E-state index contributed by atoms with van der Waals surface area (Å²) < 4.78 is 27.8. The van der Waals surface area contributed by atoms with E-state index in [-0.39, 0.29) is 51.7 Å². The van der Waals surface area contributed by atoms with Gasteiger partial charge in [-0.15, -0.1) is 62.5 Å². The molecule has 0 N–H and O–H groups in total. The predicted octanol–water partition coefficient (Wildman–Crippen LogP) is 11.4. The highest BCUT2D eigenvalue weighted by Gasteiger charge is 2.33. The minimum atomic E-state index is -3.62. The van der Waals surface area contributed by atoms with Crippen molar-refractivity contribution in [3.63, 3.8) is 0 Å². The highest BCUT2D eigenvalue weighted by atomic mass is 79.9. The SMILES string of the molecule is COC(=O)C1CN(c2cccc(Br)c2)C1.O=S(=O)(Cl)c1ccc2ccccc2c1.PP(P)P(P)P(P(P)P)P(P)P. The fourth-order valence-corrected chi connectivity index (χ4v) is 107. The summed E-state index contributed by atoms with van der Waals surface area (Å²) in [6, 6.07) is 20.4. The van der Waals surface area contributed by atoms with Crippen LogP contribution >= 0.6 is 124 Å². The van der Waals surface area contributed by atoms with Crippen LogP contribution in [0, 0.1) is 5.92 Å². The Kier molecular flexibility index (Phi) is 19.4. The molecule has 0 amide bonds. The second-order valence-corrected chi connectivity index (χ2v) is 56.7. The van der Waals surface area contributed by atoms with Crippen molar-refractivity contribution in [3.8, 4) is 0 Å². The number of esters is 1. The van der Waals surface area contributed by atoms with E-state index in [1.807, 2.05) is 48.5 Å². The number of methoxy groups -OCH3 is 1. The molecule has 20 heteroatoms. The first kappa shape index (κ1) is 40.2. The summed E-state index contributed by atoms with van der Waals surface area (Å²) >= 11 is 3.42. The van der Waals surface area contributed by atoms with E-state index >= 15 is 0 Å². The van der Waals surface area contributed by atoms with E-state index in [1.165, 1.54) is 13.2 Å². The molecule has 41 heavy (non-hydrogen) atoms. The van der Waals surface area contributed by atoms with E-state index in [1.54, 1.807) is 12.1 Å². The average Bonchev–Trinajstić information content (AvgIpc) is 2.87. The topological polar surface area (TPSA) is 63.7 Å². The smallest absolute Gasteiger partial charge is 0.312 e. The van der Waals surface area contributed by atoms with Crippen LogP contribution in [-0.2, 0) is 18.6 Å². The Morgan fingerprint density at radius 3 is 1.93 bits per heavy atom. The molecular weight excluding hydrogens is 849 g/mol. The first-order chi connectivity index (χ1) is 19.1. The zero-order valence-electron chi connectivity index (χ0n) is 21.9. The van der Waals surface area contributed by atoms with Crippen LogP contribution in [0.5, 0.6) is 0 Å². The third-order valence-electron chi connectivity index (χ3n) is 5.42. The van der Waals surface area contributed by atoms with Crippen molar-refractivity contribution in [2.24, 2.45) is 5.92 Å². The van der Waals surface area contributed by atoms with Crippen molar-refractivity contribution in [2.45, 2.75) is 4.90 Å². The van der Waals surface area contributed by atoms with Crippen LogP contribution in [0.2, 0.25) is 0 Å². The zero-order valence-corrected chi connectivity index (χ0v) is 37.6. The van der Waals surface area contributed by atoms with Gasteiger partial charge in [0.05, 0.1) is 17.9 Å². The number of carbonyl (C=O) groups is 1. The van der Waals surface area contributed by atoms with Gasteiger partial charge in [-0.2, -0.15) is 0 Å². The largest absolute Gasteiger partial charge is 0.469 e. The number of benzene rings is 3. The Morgan fingerprint density at radius 2 is 1.46 bits per heavy atom. The minimum absolute atomic E-state index is 0.0361. The van der Waals surface area contributed by atoms with Gasteiger partial charge in [0.1, 0.15) is 0 Å². The number of carbonyl (C=O) groups excluding carboxylic acids is 1. The Balaban J connectivity index is 0.000000217. The van der Waals surface area contributed by atoms with Gasteiger partial charge in [-0.3, -0.25) is 4.79 Å². The molecule has 1 heterocycles. The first-order valence-electron chi connectivity index (χ1n) is 11.4. The van der Waals surface area contributed by atoms with Crippen LogP contribution in [-0.4, -0.2) is 34.6 Å². The fraction of sp³-hybridized carbons (Fsp3) is 0.190. The van der Waals surface area contributed by atoms with Gasteiger partial charge in [0.2, 0.25) is 0 Å². The van der Waals surface area contributed by atoms with E-state index in [0.717, 1.165) is 34.0 Å². The van der Waals surface area contributed by atoms with Crippen molar-refractivity contribution in [2.75, 3.05) is 25.1 Å². The van der Waals surface area contributed by atoms with Gasteiger partial charge in [-0.1, -0.05) is 52.3 Å². The predicted molar refractivity (Wildman–Crippen MR) is 221 cm³/mol. The highest BCUT2D eigenvalue weighted by molar-refractivity contribution is 9.21. The lowest BCUT2D eigenvalue weighted by Crippen LogP contribution is -2.50. The minimum Gasteiger partial charge on any atom is -0.469 e. The Bertz CT molecular complexity index is 1390. The summed E-state index contributed by atoms with van der Waals surface area (Å²) in [6.07, 6.45) is 0. The van der Waals surface area contributed by atoms with E-state index in [4.69, 9.17) is 10.7 Å². The normalized spacial score (nSPS) is 14.3. The first-order valence-corrected chi connectivity index (χ1v) is 35.4. The van der Waals surface area contributed by atoms with Crippen molar-refractivity contribution in [1.82, 2.24) is 0 Å². The van der Waals surface area contributed by atoms with E-state index in [0.29, 0.717) is 0 Å². The lowest BCUT2D eigenvalue weighted by Gasteiger charge is -2.39. The van der Waals surface area contributed by atoms with Crippen molar-refractivity contribution >= 4 is 156 Å². The van der Waals surface area contributed by atoms with E-state index in [2.05, 4.69) is 88.1 Å². The van der Waals surface area contributed by atoms with Gasteiger partial charge < -0.3 is 9.64 Å². The standard InChI is InChI=1S/C11H12BrNO2.C10H7ClO2S.H14P12/c1-15-11(14)8-6-13(7-8)10-4-2-3-9(12)5-10;11-14(12,13)10-6-5-8-3-1-2-4-9(8)7-10;1-8(2)11(7)12(9(3)4)10(5)6/h2-5,8H,6-7H2,1H3;1-7H;1-7H2. The second kappa shape index (κ2) is 19.8. The number of rotatable bonds is 7. The van der Waals surface area contributed by atoms with Crippen molar-refractivity contribution < 1.29 is 17.9 Å². The zero-order chi connectivity index (χ0) is 30.9. The maximum Gasteiger partial charge on any atom is 0.312 e. The summed E-state index contributed by atoms with van der Waals surface area (Å²) in [6.45, 7) is 2.21. The van der Waals surface area contributed by atoms with Gasteiger partial charge in [0.15, 0.2) is 0 Å². The number of fused-ring (bicyclic) bond motifs is 1. The van der Waals surface area contributed by atoms with Crippen LogP contribution in [0.3, 0.4) is 0 Å². The molecule has 0 saturated carbocycles. The molecule has 8 atom stereocenters. The number of halogens is 2. The third kappa shape index (κ3) is 13.6. The monoisotopic (exact) mass is 881 g/mol. The number of hydrogen-bond donors (Lipinski definition) is 0. The molecule has 3 aromatic rings. The molecule has 1 aliphatic rings. The summed E-state index contributed by atoms with van der Waals surface area (Å²) in [7, 11) is 24.0. The molecular formula is C21H33BrClNO4P12S. The fourth-order valence-electron chi connectivity index (χ4n) is 3.42. The van der Waals surface area contributed by atoms with Gasteiger partial charge in [-0.25, -0.2) is 8.42 Å². The van der Waals surface area contributed by atoms with Gasteiger partial charge in [0, 0.05) is 33.9 Å². The van der Waals surface area contributed by atoms with Crippen LogP contribution in [0.15, 0.2) is 76.1 Å². The number of hydrogen-bond acceptors (Lipinski definition) is 5. The van der Waals surface area contributed by atoms with Gasteiger partial charge in [-0.05, 0) is 76.0 Å². The second-order valence-electron chi connectivity index (χ2n) is 8.28. The van der Waals surface area contributed by atoms with Crippen LogP contribution < -0.4 is 4.90 Å². The molecule has 0 radical (unpaired) electrons. The van der Waals surface area contributed by atoms with Crippen molar-refractivity contribution in [1.29, 1.82) is 0 Å². The molecule has 0 spiro atoms. The Hall–Kier alpha value is 3.07. The molecule has 1 fully saturated rings. The summed E-state index contributed by atoms with van der Waals surface area (Å²) in [5.74, 6) is -0.0739. The Labute approximate surface area is 278 Å². The number of anilines is 1. The molecule has 0 aromatic heterocycles. The molecule has 5 nitrogen and oxygen atoms in total. The van der Waals surface area contributed by atoms with Crippen molar-refractivity contribution in [3.05, 3.63) is 71.2 Å². The maximum absolute atomic E-state index is 11.2. The van der Waals surface area contributed by atoms with E-state index in [9.17, 15) is 13.2 Å². The lowest BCUT2D eigenvalue weighted by molar-refractivity contribution is -0.146. The summed E-state index contributed by atoms with van der Waals surface area (Å²) in [5.41, 5.74) is 1.14. The molecule has 1 saturated heterocycles. The molecule has 1 aliphatic heterocycles. The van der Waals surface area contributed by atoms with Crippen LogP contribution in [0.1, 0.15) is 0 Å². The van der Waals surface area contributed by atoms with E-state index < -0.39 is 9.05 Å². The summed E-state index contributed by atoms with van der Waals surface area (Å²) in [5, 5.41) is 1.87. The molecule has 8 unspecified atom stereocenters. The Morgan fingerprint density at radius 1 is 0.878 bits per heavy atom. The van der Waals surface area contributed by atoms with Gasteiger partial charge >= 0.3 is 5.97 Å². The molecule has 226 valence electrons. The molecule has 0 aliphatic carbocycles. The highest BCUT2D eigenvalue weighted by Crippen LogP contribution is 3.16. The van der Waals surface area contributed by atoms with Crippen LogP contribution in [0.4, 0.5) is 5.69 Å². The quantitative estimate of drug-likeness (QED) is 0.134. The summed E-state index contributed by atoms with van der Waals surface area (Å²) in [4.78, 5) is 13.5. The molecule has 3 aromatic carbocycles. The molecule has 0 bridgehead atoms. The lowest BCUT2D eigenvalue weighted by atomic mass is 9.99. The maximum atomic E-state index is 11.2. The molecule has 4 rings (SSSR count).